The fourth-order valence-corrected chi connectivity index (χ4v) is 4.28. The Hall–Kier alpha value is -1.60. The van der Waals surface area contributed by atoms with E-state index in [9.17, 15) is 13.2 Å². The summed E-state index contributed by atoms with van der Waals surface area (Å²) in [6.07, 6.45) is 0. The summed E-state index contributed by atoms with van der Waals surface area (Å²) >= 11 is 0. The molecule has 1 aromatic rings. The molecular weight excluding hydrogens is 316 g/mol. The van der Waals surface area contributed by atoms with E-state index in [1.165, 1.54) is 19.2 Å². The largest absolute Gasteiger partial charge is 0.497 e. The number of carbonyl (C=O) groups excluding carboxylic acids is 1. The Kier molecular flexibility index (Phi) is 5.64. The lowest BCUT2D eigenvalue weighted by molar-refractivity contribution is -0.137. The fraction of sp³-hybridized carbons (Fsp3) is 0.562. The first kappa shape index (κ1) is 17.7. The number of carbonyl (C=O) groups is 1. The van der Waals surface area contributed by atoms with Crippen LogP contribution in [0.25, 0.3) is 0 Å². The maximum absolute atomic E-state index is 12.5. The van der Waals surface area contributed by atoms with Crippen LogP contribution in [-0.4, -0.2) is 57.8 Å². The monoisotopic (exact) mass is 340 g/mol. The molecule has 1 aromatic carbocycles. The number of hydrogen-bond acceptors (Lipinski definition) is 5. The number of piperazine rings is 1. The number of hydrogen-bond donors (Lipinski definition) is 1. The third kappa shape index (κ3) is 4.23. The second-order valence-electron chi connectivity index (χ2n) is 5.94. The van der Waals surface area contributed by atoms with Crippen LogP contribution in [0.4, 0.5) is 0 Å². The average Bonchev–Trinajstić information content (AvgIpc) is 2.54. The minimum Gasteiger partial charge on any atom is -0.497 e. The molecule has 1 aliphatic rings. The van der Waals surface area contributed by atoms with Crippen LogP contribution in [0.5, 0.6) is 5.75 Å². The van der Waals surface area contributed by atoms with Crippen LogP contribution in [-0.2, 0) is 14.6 Å². The Labute approximate surface area is 137 Å². The summed E-state index contributed by atoms with van der Waals surface area (Å²) < 4.78 is 30.0. The molecule has 0 aliphatic carbocycles. The van der Waals surface area contributed by atoms with Crippen molar-refractivity contribution < 1.29 is 17.9 Å². The van der Waals surface area contributed by atoms with Gasteiger partial charge in [-0.15, -0.1) is 0 Å². The van der Waals surface area contributed by atoms with Crippen molar-refractivity contribution in [1.82, 2.24) is 10.2 Å². The van der Waals surface area contributed by atoms with Gasteiger partial charge in [-0.3, -0.25) is 4.79 Å². The molecule has 2 atom stereocenters. The number of rotatable bonds is 5. The zero-order chi connectivity index (χ0) is 17.0. The quantitative estimate of drug-likeness (QED) is 0.863. The van der Waals surface area contributed by atoms with Gasteiger partial charge in [-0.05, 0) is 31.2 Å². The van der Waals surface area contributed by atoms with Crippen molar-refractivity contribution in [1.29, 1.82) is 0 Å². The van der Waals surface area contributed by atoms with E-state index in [0.717, 1.165) is 13.1 Å². The van der Waals surface area contributed by atoms with Gasteiger partial charge in [0.15, 0.2) is 9.84 Å². The molecular formula is C16H24N2O4S. The van der Waals surface area contributed by atoms with Crippen LogP contribution >= 0.6 is 0 Å². The summed E-state index contributed by atoms with van der Waals surface area (Å²) in [7, 11) is -1.98. The maximum atomic E-state index is 12.5. The predicted octanol–water partition coefficient (Wildman–Crippen LogP) is 0.925. The van der Waals surface area contributed by atoms with Crippen molar-refractivity contribution in [3.8, 4) is 5.75 Å². The molecule has 0 saturated carbocycles. The zero-order valence-corrected chi connectivity index (χ0v) is 14.6. The zero-order valence-electron chi connectivity index (χ0n) is 13.8. The van der Waals surface area contributed by atoms with E-state index in [1.807, 2.05) is 6.92 Å². The first-order chi connectivity index (χ1) is 10.8. The van der Waals surface area contributed by atoms with Gasteiger partial charge in [0.25, 0.3) is 0 Å². The molecule has 1 fully saturated rings. The molecule has 0 aromatic heterocycles. The van der Waals surface area contributed by atoms with E-state index < -0.39 is 15.8 Å². The Morgan fingerprint density at radius 2 is 2.04 bits per heavy atom. The van der Waals surface area contributed by atoms with Crippen molar-refractivity contribution >= 4 is 15.7 Å². The highest BCUT2D eigenvalue weighted by Crippen LogP contribution is 2.20. The summed E-state index contributed by atoms with van der Waals surface area (Å²) in [6.45, 7) is 5.75. The molecule has 2 rings (SSSR count). The summed E-state index contributed by atoms with van der Waals surface area (Å²) in [5.41, 5.74) is 0. The lowest BCUT2D eigenvalue weighted by Gasteiger charge is -2.35. The standard InChI is InChI=1S/C16H24N2O4S/c1-12(16(19)18-9-8-17-10-13(18)2)11-23(20,21)15-6-4-14(22-3)5-7-15/h4-7,12-13,17H,8-11H2,1-3H3/t12?,13-/m0/s1. The number of ether oxygens (including phenoxy) is 1. The fourth-order valence-electron chi connectivity index (χ4n) is 2.73. The van der Waals surface area contributed by atoms with Crippen molar-refractivity contribution in [2.75, 3.05) is 32.5 Å². The maximum Gasteiger partial charge on any atom is 0.226 e. The van der Waals surface area contributed by atoms with Gasteiger partial charge < -0.3 is 15.0 Å². The summed E-state index contributed by atoms with van der Waals surface area (Å²) in [5, 5.41) is 3.22. The van der Waals surface area contributed by atoms with Gasteiger partial charge in [-0.25, -0.2) is 8.42 Å². The number of nitrogens with zero attached hydrogens (tertiary/aromatic N) is 1. The molecule has 1 heterocycles. The molecule has 128 valence electrons. The molecule has 7 heteroatoms. The first-order valence-corrected chi connectivity index (χ1v) is 9.38. The van der Waals surface area contributed by atoms with Crippen LogP contribution in [0, 0.1) is 5.92 Å². The third-order valence-corrected chi connectivity index (χ3v) is 6.02. The van der Waals surface area contributed by atoms with E-state index in [1.54, 1.807) is 24.0 Å². The van der Waals surface area contributed by atoms with Crippen LogP contribution in [0.15, 0.2) is 29.2 Å². The molecule has 0 spiro atoms. The predicted molar refractivity (Wildman–Crippen MR) is 88.3 cm³/mol. The van der Waals surface area contributed by atoms with E-state index in [2.05, 4.69) is 5.32 Å². The highest BCUT2D eigenvalue weighted by atomic mass is 32.2. The SMILES string of the molecule is COc1ccc(S(=O)(=O)CC(C)C(=O)N2CCNC[C@@H]2C)cc1. The highest BCUT2D eigenvalue weighted by molar-refractivity contribution is 7.91. The molecule has 1 N–H and O–H groups in total. The lowest BCUT2D eigenvalue weighted by Crippen LogP contribution is -2.54. The molecule has 1 unspecified atom stereocenters. The van der Waals surface area contributed by atoms with Gasteiger partial charge in [0.1, 0.15) is 5.75 Å². The third-order valence-electron chi connectivity index (χ3n) is 4.09. The average molecular weight is 340 g/mol. The Bertz CT molecular complexity index is 643. The minimum absolute atomic E-state index is 0.0855. The smallest absolute Gasteiger partial charge is 0.226 e. The van der Waals surface area contributed by atoms with Crippen LogP contribution in [0.1, 0.15) is 13.8 Å². The highest BCUT2D eigenvalue weighted by Gasteiger charge is 2.30. The number of nitrogens with one attached hydrogen (secondary N) is 1. The summed E-state index contributed by atoms with van der Waals surface area (Å²) in [6, 6.07) is 6.33. The number of benzene rings is 1. The van der Waals surface area contributed by atoms with Gasteiger partial charge in [-0.1, -0.05) is 6.92 Å². The van der Waals surface area contributed by atoms with E-state index in [0.29, 0.717) is 12.3 Å². The number of sulfone groups is 1. The first-order valence-electron chi connectivity index (χ1n) is 7.73. The number of amides is 1. The topological polar surface area (TPSA) is 75.7 Å². The normalized spacial score (nSPS) is 20.1. The Balaban J connectivity index is 2.07. The molecule has 0 bridgehead atoms. The molecule has 6 nitrogen and oxygen atoms in total. The van der Waals surface area contributed by atoms with Crippen molar-refractivity contribution in [2.45, 2.75) is 24.8 Å². The summed E-state index contributed by atoms with van der Waals surface area (Å²) in [4.78, 5) is 14.5. The molecule has 23 heavy (non-hydrogen) atoms. The van der Waals surface area contributed by atoms with Gasteiger partial charge in [0.05, 0.1) is 17.8 Å². The van der Waals surface area contributed by atoms with Crippen molar-refractivity contribution in [3.05, 3.63) is 24.3 Å². The van der Waals surface area contributed by atoms with Crippen LogP contribution in [0.3, 0.4) is 0 Å². The Morgan fingerprint density at radius 3 is 2.61 bits per heavy atom. The van der Waals surface area contributed by atoms with E-state index in [-0.39, 0.29) is 22.6 Å². The van der Waals surface area contributed by atoms with E-state index in [4.69, 9.17) is 4.74 Å². The second kappa shape index (κ2) is 7.31. The molecule has 0 radical (unpaired) electrons. The minimum atomic E-state index is -3.50. The van der Waals surface area contributed by atoms with Gasteiger partial charge in [0, 0.05) is 31.6 Å². The number of methoxy groups -OCH3 is 1. The van der Waals surface area contributed by atoms with Gasteiger partial charge in [0.2, 0.25) is 5.91 Å². The van der Waals surface area contributed by atoms with Crippen LogP contribution < -0.4 is 10.1 Å². The van der Waals surface area contributed by atoms with Crippen molar-refractivity contribution in [3.63, 3.8) is 0 Å². The van der Waals surface area contributed by atoms with Gasteiger partial charge in [-0.2, -0.15) is 0 Å². The molecule has 1 aliphatic heterocycles. The second-order valence-corrected chi connectivity index (χ2v) is 7.98. The van der Waals surface area contributed by atoms with Gasteiger partial charge >= 0.3 is 0 Å². The molecule has 1 amide bonds. The van der Waals surface area contributed by atoms with E-state index >= 15 is 0 Å². The molecule has 1 saturated heterocycles. The van der Waals surface area contributed by atoms with Crippen LogP contribution in [0.2, 0.25) is 0 Å². The summed E-state index contributed by atoms with van der Waals surface area (Å²) in [5.74, 6) is -0.254. The van der Waals surface area contributed by atoms with Crippen molar-refractivity contribution in [2.24, 2.45) is 5.92 Å². The Morgan fingerprint density at radius 1 is 1.39 bits per heavy atom. The lowest BCUT2D eigenvalue weighted by atomic mass is 10.1.